The molecule has 0 aliphatic carbocycles. The fourth-order valence-corrected chi connectivity index (χ4v) is 2.77. The molecule has 164 valence electrons. The predicted molar refractivity (Wildman–Crippen MR) is 107 cm³/mol. The number of nitrogens with zero attached hydrogens (tertiary/aromatic N) is 3. The van der Waals surface area contributed by atoms with Gasteiger partial charge in [0.2, 0.25) is 5.91 Å². The zero-order chi connectivity index (χ0) is 22.4. The van der Waals surface area contributed by atoms with Gasteiger partial charge < -0.3 is 37.3 Å². The number of amides is 1. The van der Waals surface area contributed by atoms with Crippen molar-refractivity contribution in [3.05, 3.63) is 34.9 Å². The molecular weight excluding hydrogens is 396 g/mol. The summed E-state index contributed by atoms with van der Waals surface area (Å²) in [5, 5.41) is 19.4. The van der Waals surface area contributed by atoms with Gasteiger partial charge in [0.1, 0.15) is 5.82 Å². The van der Waals surface area contributed by atoms with Crippen LogP contribution in [0.5, 0.6) is 0 Å². The van der Waals surface area contributed by atoms with Gasteiger partial charge in [-0.05, 0) is 18.6 Å². The molecule has 1 aromatic rings. The van der Waals surface area contributed by atoms with Crippen molar-refractivity contribution in [1.29, 1.82) is 5.41 Å². The molecule has 4 atom stereocenters. The number of carboxylic acid groups (broad SMARTS) is 1. The largest absolute Gasteiger partial charge is 0.479 e. The van der Waals surface area contributed by atoms with Crippen molar-refractivity contribution >= 4 is 23.7 Å². The van der Waals surface area contributed by atoms with Crippen molar-refractivity contribution in [2.45, 2.75) is 37.3 Å². The maximum atomic E-state index is 12.3. The molecule has 0 spiro atoms. The van der Waals surface area contributed by atoms with E-state index in [2.05, 4.69) is 10.3 Å². The van der Waals surface area contributed by atoms with Gasteiger partial charge in [0.25, 0.3) is 0 Å². The van der Waals surface area contributed by atoms with Crippen LogP contribution in [0.25, 0.3) is 0 Å². The van der Waals surface area contributed by atoms with Crippen LogP contribution in [0.15, 0.2) is 29.2 Å². The number of guanidine groups is 1. The zero-order valence-electron chi connectivity index (χ0n) is 16.4. The molecule has 0 fully saturated rings. The number of anilines is 1. The van der Waals surface area contributed by atoms with Crippen LogP contribution < -0.4 is 28.2 Å². The lowest BCUT2D eigenvalue weighted by Gasteiger charge is -2.31. The number of aliphatic carboxylic acids is 1. The Balaban J connectivity index is 2.01. The Labute approximate surface area is 172 Å². The first-order chi connectivity index (χ1) is 14.1. The molecule has 9 N–H and O–H groups in total. The van der Waals surface area contributed by atoms with Crippen LogP contribution in [-0.2, 0) is 14.3 Å². The first-order valence-electron chi connectivity index (χ1n) is 9.10. The average molecular weight is 422 g/mol. The third-order valence-corrected chi connectivity index (χ3v) is 4.49. The number of rotatable bonds is 8. The second-order valence-electron chi connectivity index (χ2n) is 6.87. The molecule has 2 rings (SSSR count). The summed E-state index contributed by atoms with van der Waals surface area (Å²) in [7, 11) is 1.63. The average Bonchev–Trinajstić information content (AvgIpc) is 2.66. The van der Waals surface area contributed by atoms with Crippen molar-refractivity contribution < 1.29 is 19.4 Å². The minimum Gasteiger partial charge on any atom is -0.479 e. The van der Waals surface area contributed by atoms with Crippen LogP contribution in [0.3, 0.4) is 0 Å². The van der Waals surface area contributed by atoms with Gasteiger partial charge in [0.05, 0.1) is 6.04 Å². The van der Waals surface area contributed by atoms with Crippen LogP contribution in [0.2, 0.25) is 0 Å². The molecule has 1 aromatic heterocycles. The van der Waals surface area contributed by atoms with Gasteiger partial charge in [-0.15, -0.1) is 0 Å². The normalized spacial score (nSPS) is 21.6. The smallest absolute Gasteiger partial charge is 0.351 e. The SMILES string of the molecule is CN(CC[C@H](N)CC(=O)N[C@H]1C=C[C@@H](n2ccc(N)nc2=O)O[C@@H]1C(=O)O)C(=N)N. The van der Waals surface area contributed by atoms with E-state index in [1.807, 2.05) is 0 Å². The molecule has 0 radical (unpaired) electrons. The molecule has 1 amide bonds. The number of nitrogen functional groups attached to an aromatic ring is 1. The van der Waals surface area contributed by atoms with Crippen molar-refractivity contribution in [1.82, 2.24) is 19.8 Å². The summed E-state index contributed by atoms with van der Waals surface area (Å²) in [5.74, 6) is -1.84. The molecule has 0 unspecified atom stereocenters. The second kappa shape index (κ2) is 9.84. The molecule has 13 heteroatoms. The van der Waals surface area contributed by atoms with Crippen LogP contribution in [0.4, 0.5) is 5.82 Å². The van der Waals surface area contributed by atoms with E-state index in [1.54, 1.807) is 7.05 Å². The minimum atomic E-state index is -1.42. The first-order valence-corrected chi connectivity index (χ1v) is 9.10. The lowest BCUT2D eigenvalue weighted by molar-refractivity contribution is -0.159. The van der Waals surface area contributed by atoms with Gasteiger partial charge in [0, 0.05) is 32.3 Å². The predicted octanol–water partition coefficient (Wildman–Crippen LogP) is -2.22. The monoisotopic (exact) mass is 422 g/mol. The maximum Gasteiger partial charge on any atom is 0.351 e. The Kier molecular flexibility index (Phi) is 7.49. The topological polar surface area (TPSA) is 216 Å². The van der Waals surface area contributed by atoms with E-state index in [9.17, 15) is 19.5 Å². The Bertz CT molecular complexity index is 885. The summed E-state index contributed by atoms with van der Waals surface area (Å²) >= 11 is 0. The molecule has 0 bridgehead atoms. The van der Waals surface area contributed by atoms with E-state index in [-0.39, 0.29) is 18.2 Å². The molecule has 2 heterocycles. The number of hydrogen-bond donors (Lipinski definition) is 6. The van der Waals surface area contributed by atoms with Gasteiger partial charge in [-0.3, -0.25) is 14.8 Å². The summed E-state index contributed by atoms with van der Waals surface area (Å²) in [4.78, 5) is 40.9. The summed E-state index contributed by atoms with van der Waals surface area (Å²) in [6.45, 7) is 0.403. The van der Waals surface area contributed by atoms with E-state index in [4.69, 9.17) is 27.3 Å². The van der Waals surface area contributed by atoms with Gasteiger partial charge in [0.15, 0.2) is 18.3 Å². The molecule has 1 aliphatic heterocycles. The first kappa shape index (κ1) is 22.8. The van der Waals surface area contributed by atoms with Gasteiger partial charge in [-0.1, -0.05) is 6.08 Å². The fourth-order valence-electron chi connectivity index (χ4n) is 2.77. The Morgan fingerprint density at radius 3 is 2.77 bits per heavy atom. The molecule has 1 aliphatic rings. The van der Waals surface area contributed by atoms with Gasteiger partial charge in [-0.2, -0.15) is 4.98 Å². The van der Waals surface area contributed by atoms with Crippen molar-refractivity contribution in [3.8, 4) is 0 Å². The van der Waals surface area contributed by atoms with E-state index in [0.29, 0.717) is 13.0 Å². The number of hydrogen-bond acceptors (Lipinski definition) is 8. The van der Waals surface area contributed by atoms with Crippen LogP contribution >= 0.6 is 0 Å². The number of nitrogens with one attached hydrogen (secondary N) is 2. The number of carboxylic acids is 1. The van der Waals surface area contributed by atoms with Gasteiger partial charge in [-0.25, -0.2) is 9.59 Å². The van der Waals surface area contributed by atoms with Crippen LogP contribution in [0, 0.1) is 5.41 Å². The quantitative estimate of drug-likeness (QED) is 0.151. The standard InChI is InChI=1S/C17H26N8O5/c1-24(16(20)21)6-4-9(18)8-12(26)22-10-2-3-13(30-14(10)15(27)28)25-7-5-11(19)23-17(25)29/h2-3,5,7,9-10,13-14H,4,6,8,18H2,1H3,(H3,20,21)(H,22,26)(H,27,28)(H2,19,23,29)/t9-,10-,13-,14-/m0/s1. The van der Waals surface area contributed by atoms with Crippen LogP contribution in [0.1, 0.15) is 19.1 Å². The summed E-state index contributed by atoms with van der Waals surface area (Å²) < 4.78 is 6.57. The van der Waals surface area contributed by atoms with E-state index in [1.165, 1.54) is 29.3 Å². The summed E-state index contributed by atoms with van der Waals surface area (Å²) in [5.41, 5.74) is 16.0. The van der Waals surface area contributed by atoms with Crippen molar-refractivity contribution in [2.24, 2.45) is 11.5 Å². The van der Waals surface area contributed by atoms with E-state index < -0.39 is 42.0 Å². The summed E-state index contributed by atoms with van der Waals surface area (Å²) in [6.07, 6.45) is 2.17. The van der Waals surface area contributed by atoms with E-state index in [0.717, 1.165) is 4.57 Å². The third-order valence-electron chi connectivity index (χ3n) is 4.49. The Hall–Kier alpha value is -3.45. The molecular formula is C17H26N8O5. The van der Waals surface area contributed by atoms with E-state index >= 15 is 0 Å². The molecule has 30 heavy (non-hydrogen) atoms. The van der Waals surface area contributed by atoms with Crippen molar-refractivity contribution in [2.75, 3.05) is 19.3 Å². The third kappa shape index (κ3) is 6.02. The van der Waals surface area contributed by atoms with Crippen molar-refractivity contribution in [3.63, 3.8) is 0 Å². The maximum absolute atomic E-state index is 12.3. The Morgan fingerprint density at radius 2 is 2.17 bits per heavy atom. The highest BCUT2D eigenvalue weighted by atomic mass is 16.5. The number of carbonyl (C=O) groups is 2. The molecule has 0 saturated heterocycles. The highest BCUT2D eigenvalue weighted by Gasteiger charge is 2.35. The molecule has 0 aromatic carbocycles. The number of nitrogens with two attached hydrogens (primary N) is 3. The molecule has 0 saturated carbocycles. The lowest BCUT2D eigenvalue weighted by atomic mass is 10.1. The fraction of sp³-hybridized carbons (Fsp3) is 0.471. The highest BCUT2D eigenvalue weighted by molar-refractivity contribution is 5.80. The van der Waals surface area contributed by atoms with Crippen LogP contribution in [-0.4, -0.2) is 69.2 Å². The Morgan fingerprint density at radius 1 is 1.47 bits per heavy atom. The number of ether oxygens (including phenoxy) is 1. The highest BCUT2D eigenvalue weighted by Crippen LogP contribution is 2.20. The number of aromatic nitrogens is 2. The second-order valence-corrected chi connectivity index (χ2v) is 6.87. The molecule has 13 nitrogen and oxygen atoms in total. The lowest BCUT2D eigenvalue weighted by Crippen LogP contribution is -2.51. The minimum absolute atomic E-state index is 0.0294. The zero-order valence-corrected chi connectivity index (χ0v) is 16.4. The van der Waals surface area contributed by atoms with Gasteiger partial charge >= 0.3 is 11.7 Å². The summed E-state index contributed by atoms with van der Waals surface area (Å²) in [6, 6.07) is -0.0702. The number of carbonyl (C=O) groups excluding carboxylic acids is 1.